The van der Waals surface area contributed by atoms with Gasteiger partial charge in [-0.2, -0.15) is 0 Å². The quantitative estimate of drug-likeness (QED) is 0.436. The molecule has 1 aromatic carbocycles. The third-order valence-corrected chi connectivity index (χ3v) is 8.40. The fourth-order valence-corrected chi connectivity index (χ4v) is 5.48. The first-order valence-electron chi connectivity index (χ1n) is 11.4. The van der Waals surface area contributed by atoms with Crippen LogP contribution in [0.5, 0.6) is 11.5 Å². The Morgan fingerprint density at radius 2 is 1.78 bits per heavy atom. The molecule has 11 nitrogen and oxygen atoms in total. The molecule has 0 spiro atoms. The molecule has 0 saturated carbocycles. The molecule has 0 aliphatic carbocycles. The van der Waals surface area contributed by atoms with Crippen molar-refractivity contribution in [1.29, 1.82) is 0 Å². The van der Waals surface area contributed by atoms with Gasteiger partial charge in [-0.25, -0.2) is 18.4 Å². The molecule has 0 bridgehead atoms. The van der Waals surface area contributed by atoms with E-state index >= 15 is 0 Å². The monoisotopic (exact) mass is 536 g/mol. The smallest absolute Gasteiger partial charge is 0.243 e. The number of nitrogens with one attached hydrogen (secondary N) is 1. The lowest BCUT2D eigenvalue weighted by molar-refractivity contribution is 0.123. The van der Waals surface area contributed by atoms with Crippen molar-refractivity contribution in [3.63, 3.8) is 0 Å². The number of halogens is 1. The van der Waals surface area contributed by atoms with Crippen LogP contribution in [0.3, 0.4) is 0 Å². The lowest BCUT2D eigenvalue weighted by atomic mass is 10.1. The number of anilines is 1. The van der Waals surface area contributed by atoms with E-state index in [-0.39, 0.29) is 18.0 Å². The zero-order valence-electron chi connectivity index (χ0n) is 20.7. The van der Waals surface area contributed by atoms with Crippen LogP contribution < -0.4 is 14.2 Å². The van der Waals surface area contributed by atoms with Crippen molar-refractivity contribution in [1.82, 2.24) is 24.7 Å². The summed E-state index contributed by atoms with van der Waals surface area (Å²) in [5, 5.41) is 8.07. The number of hydrogen-bond acceptors (Lipinski definition) is 9. The Bertz CT molecular complexity index is 1290. The van der Waals surface area contributed by atoms with Gasteiger partial charge in [0.2, 0.25) is 16.0 Å². The maximum absolute atomic E-state index is 13.5. The van der Waals surface area contributed by atoms with Crippen molar-refractivity contribution >= 4 is 27.6 Å². The summed E-state index contributed by atoms with van der Waals surface area (Å²) in [6, 6.07) is 5.30. The van der Waals surface area contributed by atoms with Crippen molar-refractivity contribution in [2.75, 3.05) is 25.5 Å². The topological polar surface area (TPSA) is 130 Å². The van der Waals surface area contributed by atoms with Gasteiger partial charge in [0.25, 0.3) is 0 Å². The lowest BCUT2D eigenvalue weighted by Crippen LogP contribution is -2.31. The van der Waals surface area contributed by atoms with E-state index in [0.717, 1.165) is 0 Å². The second-order valence-electron chi connectivity index (χ2n) is 8.71. The average Bonchev–Trinajstić information content (AvgIpc) is 3.48. The molecule has 1 aliphatic heterocycles. The number of methoxy groups -OCH3 is 2. The van der Waals surface area contributed by atoms with Crippen molar-refractivity contribution < 1.29 is 22.6 Å². The van der Waals surface area contributed by atoms with Gasteiger partial charge in [0.15, 0.2) is 0 Å². The number of ether oxygens (including phenoxy) is 3. The summed E-state index contributed by atoms with van der Waals surface area (Å²) in [5.74, 6) is 1.24. The van der Waals surface area contributed by atoms with Gasteiger partial charge >= 0.3 is 0 Å². The largest absolute Gasteiger partial charge is 0.494 e. The second-order valence-corrected chi connectivity index (χ2v) is 11.2. The van der Waals surface area contributed by atoms with Crippen LogP contribution in [-0.2, 0) is 14.8 Å². The predicted octanol–water partition coefficient (Wildman–Crippen LogP) is 3.55. The minimum atomic E-state index is -3.96. The molecule has 1 fully saturated rings. The maximum Gasteiger partial charge on any atom is 0.243 e. The first kappa shape index (κ1) is 26.1. The zero-order chi connectivity index (χ0) is 26.0. The number of nitrogens with zero attached hydrogens (tertiary/aromatic N) is 5. The van der Waals surface area contributed by atoms with E-state index in [0.29, 0.717) is 46.9 Å². The summed E-state index contributed by atoms with van der Waals surface area (Å²) in [6.07, 6.45) is 3.63. The van der Waals surface area contributed by atoms with Crippen LogP contribution in [0, 0.1) is 0 Å². The third kappa shape index (κ3) is 5.11. The van der Waals surface area contributed by atoms with E-state index in [2.05, 4.69) is 24.9 Å². The summed E-state index contributed by atoms with van der Waals surface area (Å²) in [7, 11) is -0.900. The molecular formula is C23H29ClN6O5S. The van der Waals surface area contributed by atoms with Crippen LogP contribution >= 0.6 is 11.6 Å². The average molecular weight is 537 g/mol. The second kappa shape index (κ2) is 10.6. The number of aromatic nitrogens is 5. The molecule has 0 radical (unpaired) electrons. The SMILES string of the molecule is COc1cccc(OC)c1-n1c(NS(=O)(=O)C(C)C(C)c2ncc(Cl)cn2)nnc1[C@@H]1CO[C@@H](C)C1. The molecule has 2 aromatic heterocycles. The molecule has 1 N–H and O–H groups in total. The van der Waals surface area contributed by atoms with Crippen LogP contribution in [0.2, 0.25) is 5.02 Å². The predicted molar refractivity (Wildman–Crippen MR) is 135 cm³/mol. The van der Waals surface area contributed by atoms with Crippen molar-refractivity contribution in [3.8, 4) is 17.2 Å². The molecule has 13 heteroatoms. The molecule has 194 valence electrons. The van der Waals surface area contributed by atoms with E-state index in [4.69, 9.17) is 25.8 Å². The highest BCUT2D eigenvalue weighted by molar-refractivity contribution is 7.93. The van der Waals surface area contributed by atoms with Crippen molar-refractivity contribution in [3.05, 3.63) is 47.3 Å². The molecular weight excluding hydrogens is 508 g/mol. The molecule has 1 aliphatic rings. The molecule has 36 heavy (non-hydrogen) atoms. The number of hydrogen-bond donors (Lipinski definition) is 1. The normalized spacial score (nSPS) is 19.6. The Kier molecular flexibility index (Phi) is 7.67. The van der Waals surface area contributed by atoms with Crippen LogP contribution in [0.25, 0.3) is 5.69 Å². The Morgan fingerprint density at radius 3 is 2.33 bits per heavy atom. The first-order valence-corrected chi connectivity index (χ1v) is 13.4. The van der Waals surface area contributed by atoms with Crippen LogP contribution in [0.15, 0.2) is 30.6 Å². The van der Waals surface area contributed by atoms with Gasteiger partial charge in [-0.3, -0.25) is 9.29 Å². The van der Waals surface area contributed by atoms with Crippen molar-refractivity contribution in [2.24, 2.45) is 0 Å². The maximum atomic E-state index is 13.5. The summed E-state index contributed by atoms with van der Waals surface area (Å²) in [6.45, 7) is 5.74. The number of rotatable bonds is 9. The highest BCUT2D eigenvalue weighted by Gasteiger charge is 2.35. The lowest BCUT2D eigenvalue weighted by Gasteiger charge is -2.22. The number of para-hydroxylation sites is 1. The molecule has 0 amide bonds. The highest BCUT2D eigenvalue weighted by Crippen LogP contribution is 2.39. The van der Waals surface area contributed by atoms with Crippen molar-refractivity contribution in [2.45, 2.75) is 50.4 Å². The fraction of sp³-hybridized carbons (Fsp3) is 0.478. The van der Waals surface area contributed by atoms with Crippen LogP contribution in [0.4, 0.5) is 5.95 Å². The number of benzene rings is 1. The van der Waals surface area contributed by atoms with E-state index < -0.39 is 21.2 Å². The van der Waals surface area contributed by atoms with E-state index in [9.17, 15) is 8.42 Å². The minimum absolute atomic E-state index is 0.0171. The summed E-state index contributed by atoms with van der Waals surface area (Å²) >= 11 is 5.88. The standard InChI is InChI=1S/C23H29ClN6O5S/c1-13-9-16(12-35-13)22-27-28-23(30(22)20-18(33-4)7-6-8-19(20)34-5)29-36(31,32)15(3)14(2)21-25-10-17(24)11-26-21/h6-8,10-11,13-16H,9,12H2,1-5H3,(H,28,29)/t13-,14?,15?,16-/m0/s1. The highest BCUT2D eigenvalue weighted by atomic mass is 35.5. The Hall–Kier alpha value is -2.96. The molecule has 2 unspecified atom stereocenters. The van der Waals surface area contributed by atoms with Gasteiger partial charge in [-0.15, -0.1) is 10.2 Å². The van der Waals surface area contributed by atoms with E-state index in [1.54, 1.807) is 36.6 Å². The Labute approximate surface area is 215 Å². The summed E-state index contributed by atoms with van der Waals surface area (Å²) < 4.78 is 48.2. The molecule has 4 atom stereocenters. The van der Waals surface area contributed by atoms with Gasteiger partial charge in [0.05, 0.1) is 37.2 Å². The number of sulfonamides is 1. The van der Waals surface area contributed by atoms with Gasteiger partial charge in [-0.05, 0) is 32.4 Å². The van der Waals surface area contributed by atoms with Gasteiger partial charge < -0.3 is 14.2 Å². The third-order valence-electron chi connectivity index (χ3n) is 6.35. The van der Waals surface area contributed by atoms with Gasteiger partial charge in [0, 0.05) is 24.2 Å². The molecule has 3 heterocycles. The molecule has 1 saturated heterocycles. The molecule has 3 aromatic rings. The summed E-state index contributed by atoms with van der Waals surface area (Å²) in [4.78, 5) is 8.36. The van der Waals surface area contributed by atoms with Crippen LogP contribution in [0.1, 0.15) is 50.7 Å². The Balaban J connectivity index is 1.77. The first-order chi connectivity index (χ1) is 17.2. The van der Waals surface area contributed by atoms with Gasteiger partial charge in [0.1, 0.15) is 28.8 Å². The summed E-state index contributed by atoms with van der Waals surface area (Å²) in [5.41, 5.74) is 0.487. The van der Waals surface area contributed by atoms with E-state index in [1.807, 2.05) is 6.92 Å². The zero-order valence-corrected chi connectivity index (χ0v) is 22.2. The van der Waals surface area contributed by atoms with E-state index in [1.165, 1.54) is 26.6 Å². The fourth-order valence-electron chi connectivity index (χ4n) is 4.15. The Morgan fingerprint density at radius 1 is 1.14 bits per heavy atom. The van der Waals surface area contributed by atoms with Gasteiger partial charge in [-0.1, -0.05) is 24.6 Å². The molecule has 4 rings (SSSR count). The van der Waals surface area contributed by atoms with Crippen LogP contribution in [-0.4, -0.2) is 65.3 Å². The minimum Gasteiger partial charge on any atom is -0.494 e.